The molecule has 0 heterocycles. The third kappa shape index (κ3) is 4.28. The number of amides is 1. The van der Waals surface area contributed by atoms with Crippen LogP contribution in [0.5, 0.6) is 0 Å². The molecule has 2 rings (SSSR count). The van der Waals surface area contributed by atoms with Crippen molar-refractivity contribution < 1.29 is 9.59 Å². The predicted molar refractivity (Wildman–Crippen MR) is 84.6 cm³/mol. The third-order valence-electron chi connectivity index (χ3n) is 3.44. The van der Waals surface area contributed by atoms with Gasteiger partial charge in [0.05, 0.1) is 0 Å². The monoisotopic (exact) mass is 281 g/mol. The summed E-state index contributed by atoms with van der Waals surface area (Å²) in [6, 6.07) is 16.9. The number of rotatable bonds is 5. The first-order valence-electron chi connectivity index (χ1n) is 7.02. The smallest absolute Gasteiger partial charge is 0.224 e. The molecule has 1 N–H and O–H groups in total. The van der Waals surface area contributed by atoms with Crippen LogP contribution in [-0.4, -0.2) is 11.7 Å². The summed E-state index contributed by atoms with van der Waals surface area (Å²) in [5.41, 5.74) is 2.51. The summed E-state index contributed by atoms with van der Waals surface area (Å²) in [4.78, 5) is 23.2. The molecule has 1 amide bonds. The fraction of sp³-hybridized carbons (Fsp3) is 0.222. The number of ketones is 1. The molecule has 0 fully saturated rings. The molecule has 0 aliphatic heterocycles. The van der Waals surface area contributed by atoms with E-state index < -0.39 is 0 Å². The lowest BCUT2D eigenvalue weighted by atomic mass is 9.97. The summed E-state index contributed by atoms with van der Waals surface area (Å²) >= 11 is 0. The number of Topliss-reactive ketones (excluding diaryl/α,β-unsaturated/α-hetero) is 1. The molecule has 0 aliphatic rings. The van der Waals surface area contributed by atoms with E-state index in [9.17, 15) is 9.59 Å². The highest BCUT2D eigenvalue weighted by molar-refractivity contribution is 5.95. The van der Waals surface area contributed by atoms with Crippen LogP contribution in [0.25, 0.3) is 0 Å². The van der Waals surface area contributed by atoms with Crippen LogP contribution in [0, 0.1) is 0 Å². The van der Waals surface area contributed by atoms with Crippen LogP contribution in [0.1, 0.15) is 42.1 Å². The first-order valence-corrected chi connectivity index (χ1v) is 7.02. The zero-order chi connectivity index (χ0) is 15.2. The highest BCUT2D eigenvalue weighted by Crippen LogP contribution is 2.19. The molecule has 2 aromatic carbocycles. The van der Waals surface area contributed by atoms with E-state index in [1.54, 1.807) is 24.3 Å². The first-order chi connectivity index (χ1) is 10.1. The highest BCUT2D eigenvalue weighted by atomic mass is 16.1. The van der Waals surface area contributed by atoms with Gasteiger partial charge in [0.25, 0.3) is 0 Å². The molecule has 0 aliphatic carbocycles. The SMILES string of the molecule is CC(=O)c1ccc(NC(=O)C[C@H](C)c2ccccc2)cc1. The summed E-state index contributed by atoms with van der Waals surface area (Å²) in [7, 11) is 0. The van der Waals surface area contributed by atoms with Gasteiger partial charge in [-0.15, -0.1) is 0 Å². The maximum absolute atomic E-state index is 12.0. The number of hydrogen-bond donors (Lipinski definition) is 1. The molecule has 0 saturated heterocycles. The lowest BCUT2D eigenvalue weighted by Crippen LogP contribution is -2.14. The van der Waals surface area contributed by atoms with Gasteiger partial charge in [-0.3, -0.25) is 9.59 Å². The quantitative estimate of drug-likeness (QED) is 0.841. The van der Waals surface area contributed by atoms with E-state index in [1.165, 1.54) is 6.92 Å². The van der Waals surface area contributed by atoms with Crippen molar-refractivity contribution in [3.8, 4) is 0 Å². The van der Waals surface area contributed by atoms with E-state index >= 15 is 0 Å². The van der Waals surface area contributed by atoms with E-state index in [-0.39, 0.29) is 17.6 Å². The van der Waals surface area contributed by atoms with E-state index in [0.29, 0.717) is 17.7 Å². The highest BCUT2D eigenvalue weighted by Gasteiger charge is 2.11. The minimum absolute atomic E-state index is 0.0191. The van der Waals surface area contributed by atoms with Gasteiger partial charge in [-0.25, -0.2) is 0 Å². The second kappa shape index (κ2) is 6.84. The lowest BCUT2D eigenvalue weighted by molar-refractivity contribution is -0.116. The molecule has 1 atom stereocenters. The van der Waals surface area contributed by atoms with Crippen molar-refractivity contribution in [3.63, 3.8) is 0 Å². The normalized spacial score (nSPS) is 11.7. The Morgan fingerprint density at radius 3 is 2.19 bits per heavy atom. The van der Waals surface area contributed by atoms with Gasteiger partial charge in [0.1, 0.15) is 0 Å². The van der Waals surface area contributed by atoms with E-state index in [0.717, 1.165) is 5.56 Å². The van der Waals surface area contributed by atoms with E-state index in [2.05, 4.69) is 5.32 Å². The average Bonchev–Trinajstić information content (AvgIpc) is 2.48. The fourth-order valence-corrected chi connectivity index (χ4v) is 2.18. The van der Waals surface area contributed by atoms with Gasteiger partial charge in [-0.2, -0.15) is 0 Å². The Balaban J connectivity index is 1.94. The van der Waals surface area contributed by atoms with Gasteiger partial charge in [-0.1, -0.05) is 37.3 Å². The Bertz CT molecular complexity index is 617. The Morgan fingerprint density at radius 1 is 1.00 bits per heavy atom. The van der Waals surface area contributed by atoms with Crippen molar-refractivity contribution in [2.45, 2.75) is 26.2 Å². The van der Waals surface area contributed by atoms with Crippen molar-refractivity contribution in [2.75, 3.05) is 5.32 Å². The van der Waals surface area contributed by atoms with Crippen molar-refractivity contribution >= 4 is 17.4 Å². The maximum Gasteiger partial charge on any atom is 0.224 e. The van der Waals surface area contributed by atoms with Crippen LogP contribution in [0.2, 0.25) is 0 Å². The largest absolute Gasteiger partial charge is 0.326 e. The second-order valence-electron chi connectivity index (χ2n) is 5.20. The number of carbonyl (C=O) groups excluding carboxylic acids is 2. The van der Waals surface area contributed by atoms with E-state index in [1.807, 2.05) is 37.3 Å². The van der Waals surface area contributed by atoms with Crippen LogP contribution in [0.15, 0.2) is 54.6 Å². The summed E-state index contributed by atoms with van der Waals surface area (Å²) < 4.78 is 0. The van der Waals surface area contributed by atoms with Crippen LogP contribution in [0.4, 0.5) is 5.69 Å². The van der Waals surface area contributed by atoms with Crippen LogP contribution in [-0.2, 0) is 4.79 Å². The first kappa shape index (κ1) is 15.0. The molecule has 0 aromatic heterocycles. The Morgan fingerprint density at radius 2 is 1.62 bits per heavy atom. The van der Waals surface area contributed by atoms with Gasteiger partial charge in [0.2, 0.25) is 5.91 Å². The fourth-order valence-electron chi connectivity index (χ4n) is 2.18. The number of nitrogens with one attached hydrogen (secondary N) is 1. The zero-order valence-corrected chi connectivity index (χ0v) is 12.3. The Hall–Kier alpha value is -2.42. The summed E-state index contributed by atoms with van der Waals surface area (Å²) in [6.45, 7) is 3.56. The summed E-state index contributed by atoms with van der Waals surface area (Å²) in [6.07, 6.45) is 0.429. The summed E-state index contributed by atoms with van der Waals surface area (Å²) in [5.74, 6) is 0.162. The number of hydrogen-bond acceptors (Lipinski definition) is 2. The van der Waals surface area contributed by atoms with Crippen LogP contribution < -0.4 is 5.32 Å². The zero-order valence-electron chi connectivity index (χ0n) is 12.3. The number of carbonyl (C=O) groups is 2. The molecule has 3 nitrogen and oxygen atoms in total. The van der Waals surface area contributed by atoms with Gasteiger partial charge < -0.3 is 5.32 Å². The average molecular weight is 281 g/mol. The number of benzene rings is 2. The van der Waals surface area contributed by atoms with Gasteiger partial charge in [-0.05, 0) is 42.7 Å². The Kier molecular flexibility index (Phi) is 4.88. The molecular weight excluding hydrogens is 262 g/mol. The molecule has 21 heavy (non-hydrogen) atoms. The van der Waals surface area contributed by atoms with Crippen LogP contribution in [0.3, 0.4) is 0 Å². The molecule has 3 heteroatoms. The molecule has 0 saturated carbocycles. The van der Waals surface area contributed by atoms with Crippen LogP contribution >= 0.6 is 0 Å². The molecule has 0 unspecified atom stereocenters. The summed E-state index contributed by atoms with van der Waals surface area (Å²) in [5, 5.41) is 2.86. The minimum Gasteiger partial charge on any atom is -0.326 e. The molecular formula is C18H19NO2. The van der Waals surface area contributed by atoms with Crippen molar-refractivity contribution in [3.05, 3.63) is 65.7 Å². The standard InChI is InChI=1S/C18H19NO2/c1-13(15-6-4-3-5-7-15)12-18(21)19-17-10-8-16(9-11-17)14(2)20/h3-11,13H,12H2,1-2H3,(H,19,21)/t13-/m0/s1. The lowest BCUT2D eigenvalue weighted by Gasteiger charge is -2.12. The number of anilines is 1. The van der Waals surface area contributed by atoms with Gasteiger partial charge >= 0.3 is 0 Å². The molecule has 0 radical (unpaired) electrons. The second-order valence-corrected chi connectivity index (χ2v) is 5.20. The predicted octanol–water partition coefficient (Wildman–Crippen LogP) is 4.02. The van der Waals surface area contributed by atoms with Crippen molar-refractivity contribution in [1.29, 1.82) is 0 Å². The minimum atomic E-state index is -0.0260. The Labute approximate surface area is 125 Å². The maximum atomic E-state index is 12.0. The van der Waals surface area contributed by atoms with E-state index in [4.69, 9.17) is 0 Å². The van der Waals surface area contributed by atoms with Crippen molar-refractivity contribution in [1.82, 2.24) is 0 Å². The van der Waals surface area contributed by atoms with Crippen molar-refractivity contribution in [2.24, 2.45) is 0 Å². The molecule has 2 aromatic rings. The van der Waals surface area contributed by atoms with Gasteiger partial charge in [0, 0.05) is 17.7 Å². The molecule has 0 spiro atoms. The van der Waals surface area contributed by atoms with Gasteiger partial charge in [0.15, 0.2) is 5.78 Å². The topological polar surface area (TPSA) is 46.2 Å². The third-order valence-corrected chi connectivity index (χ3v) is 3.44. The molecule has 0 bridgehead atoms. The molecule has 108 valence electrons.